The summed E-state index contributed by atoms with van der Waals surface area (Å²) in [6.07, 6.45) is 6.13. The number of benzene rings is 1. The Balaban J connectivity index is 1.90. The highest BCUT2D eigenvalue weighted by Gasteiger charge is 2.22. The van der Waals surface area contributed by atoms with E-state index in [2.05, 4.69) is 22.4 Å². The van der Waals surface area contributed by atoms with Crippen LogP contribution in [0, 0.1) is 5.92 Å². The van der Waals surface area contributed by atoms with E-state index in [9.17, 15) is 0 Å². The summed E-state index contributed by atoms with van der Waals surface area (Å²) < 4.78 is 1.99. The molecule has 2 atom stereocenters. The highest BCUT2D eigenvalue weighted by Crippen LogP contribution is 2.32. The summed E-state index contributed by atoms with van der Waals surface area (Å²) in [6.45, 7) is 2.33. The number of aromatic nitrogens is 4. The van der Waals surface area contributed by atoms with Crippen LogP contribution in [0.1, 0.15) is 45.1 Å². The predicted molar refractivity (Wildman–Crippen MR) is 79.0 cm³/mol. The Labute approximate surface area is 119 Å². The molecule has 1 saturated carbocycles. The third kappa shape index (κ3) is 2.66. The Morgan fingerprint density at radius 2 is 2.10 bits per heavy atom. The van der Waals surface area contributed by atoms with Crippen molar-refractivity contribution in [3.8, 4) is 11.4 Å². The van der Waals surface area contributed by atoms with Crippen molar-refractivity contribution < 1.29 is 0 Å². The second-order valence-corrected chi connectivity index (χ2v) is 5.84. The number of hydrogen-bond donors (Lipinski definition) is 1. The summed E-state index contributed by atoms with van der Waals surface area (Å²) in [5.41, 5.74) is 7.59. The van der Waals surface area contributed by atoms with Crippen molar-refractivity contribution in [1.82, 2.24) is 20.2 Å². The SMILES string of the molecule is CC1CCCC(n2nnnc2-c2cccc(N)c2)CC1. The number of nitrogen functional groups attached to an aromatic ring is 1. The van der Waals surface area contributed by atoms with Crippen molar-refractivity contribution in [3.63, 3.8) is 0 Å². The van der Waals surface area contributed by atoms with E-state index in [1.807, 2.05) is 28.9 Å². The van der Waals surface area contributed by atoms with Crippen molar-refractivity contribution in [1.29, 1.82) is 0 Å². The lowest BCUT2D eigenvalue weighted by atomic mass is 10.0. The maximum absolute atomic E-state index is 5.86. The minimum Gasteiger partial charge on any atom is -0.399 e. The lowest BCUT2D eigenvalue weighted by Gasteiger charge is -2.16. The van der Waals surface area contributed by atoms with E-state index in [0.717, 1.165) is 35.8 Å². The van der Waals surface area contributed by atoms with Crippen LogP contribution in [-0.4, -0.2) is 20.2 Å². The summed E-state index contributed by atoms with van der Waals surface area (Å²) in [7, 11) is 0. The van der Waals surface area contributed by atoms with E-state index in [1.54, 1.807) is 0 Å². The normalized spacial score (nSPS) is 23.4. The molecule has 5 heteroatoms. The zero-order valence-corrected chi connectivity index (χ0v) is 11.9. The van der Waals surface area contributed by atoms with Gasteiger partial charge in [-0.25, -0.2) is 4.68 Å². The van der Waals surface area contributed by atoms with Gasteiger partial charge in [-0.15, -0.1) is 5.10 Å². The molecule has 0 bridgehead atoms. The summed E-state index contributed by atoms with van der Waals surface area (Å²) >= 11 is 0. The second kappa shape index (κ2) is 5.61. The Kier molecular flexibility index (Phi) is 3.67. The Hall–Kier alpha value is -1.91. The van der Waals surface area contributed by atoms with Crippen LogP contribution in [0.5, 0.6) is 0 Å². The topological polar surface area (TPSA) is 69.6 Å². The van der Waals surface area contributed by atoms with Gasteiger partial charge in [-0.2, -0.15) is 0 Å². The highest BCUT2D eigenvalue weighted by atomic mass is 15.5. The van der Waals surface area contributed by atoms with E-state index in [0.29, 0.717) is 6.04 Å². The van der Waals surface area contributed by atoms with Gasteiger partial charge in [0.1, 0.15) is 0 Å². The first-order chi connectivity index (χ1) is 9.74. The van der Waals surface area contributed by atoms with E-state index in [4.69, 9.17) is 5.73 Å². The molecule has 3 rings (SSSR count). The van der Waals surface area contributed by atoms with Gasteiger partial charge in [-0.1, -0.05) is 31.9 Å². The Morgan fingerprint density at radius 1 is 1.20 bits per heavy atom. The smallest absolute Gasteiger partial charge is 0.182 e. The molecule has 2 unspecified atom stereocenters. The fraction of sp³-hybridized carbons (Fsp3) is 0.533. The fourth-order valence-electron chi connectivity index (χ4n) is 3.02. The first-order valence-electron chi connectivity index (χ1n) is 7.38. The molecule has 0 saturated heterocycles. The molecule has 0 radical (unpaired) electrons. The molecular formula is C15H21N5. The molecule has 1 fully saturated rings. The fourth-order valence-corrected chi connectivity index (χ4v) is 3.02. The van der Waals surface area contributed by atoms with E-state index in [1.165, 1.54) is 19.3 Å². The molecule has 2 aromatic rings. The third-order valence-corrected chi connectivity index (χ3v) is 4.21. The number of nitrogens with zero attached hydrogens (tertiary/aromatic N) is 4. The quantitative estimate of drug-likeness (QED) is 0.673. The van der Waals surface area contributed by atoms with E-state index in [-0.39, 0.29) is 0 Å². The standard InChI is InChI=1S/C15H21N5/c1-11-4-2-7-14(9-8-11)20-15(17-18-19-20)12-5-3-6-13(16)10-12/h3,5-6,10-11,14H,2,4,7-9,16H2,1H3. The van der Waals surface area contributed by atoms with Crippen molar-refractivity contribution in [2.24, 2.45) is 5.92 Å². The van der Waals surface area contributed by atoms with Crippen molar-refractivity contribution in [2.45, 2.75) is 45.1 Å². The molecule has 106 valence electrons. The largest absolute Gasteiger partial charge is 0.399 e. The first kappa shape index (κ1) is 13.1. The van der Waals surface area contributed by atoms with Crippen LogP contribution in [-0.2, 0) is 0 Å². The molecule has 0 spiro atoms. The maximum atomic E-state index is 5.86. The van der Waals surface area contributed by atoms with Crippen molar-refractivity contribution in [3.05, 3.63) is 24.3 Å². The van der Waals surface area contributed by atoms with Crippen molar-refractivity contribution >= 4 is 5.69 Å². The number of hydrogen-bond acceptors (Lipinski definition) is 4. The van der Waals surface area contributed by atoms with Crippen molar-refractivity contribution in [2.75, 3.05) is 5.73 Å². The molecule has 1 aromatic heterocycles. The van der Waals surface area contributed by atoms with Crippen LogP contribution < -0.4 is 5.73 Å². The third-order valence-electron chi connectivity index (χ3n) is 4.21. The van der Waals surface area contributed by atoms with E-state index >= 15 is 0 Å². The first-order valence-corrected chi connectivity index (χ1v) is 7.38. The van der Waals surface area contributed by atoms with Gasteiger partial charge in [-0.3, -0.25) is 0 Å². The average molecular weight is 271 g/mol. The molecule has 2 N–H and O–H groups in total. The van der Waals surface area contributed by atoms with Gasteiger partial charge in [0, 0.05) is 11.3 Å². The molecular weight excluding hydrogens is 250 g/mol. The molecule has 1 heterocycles. The molecule has 0 amide bonds. The summed E-state index contributed by atoms with van der Waals surface area (Å²) in [6, 6.07) is 8.18. The van der Waals surface area contributed by atoms with Crippen LogP contribution in [0.15, 0.2) is 24.3 Å². The predicted octanol–water partition coefficient (Wildman–Crippen LogP) is 3.06. The van der Waals surface area contributed by atoms with Crippen LogP contribution in [0.4, 0.5) is 5.69 Å². The van der Waals surface area contributed by atoms with E-state index < -0.39 is 0 Å². The monoisotopic (exact) mass is 271 g/mol. The van der Waals surface area contributed by atoms with Crippen LogP contribution in [0.2, 0.25) is 0 Å². The van der Waals surface area contributed by atoms with Gasteiger partial charge in [0.25, 0.3) is 0 Å². The average Bonchev–Trinajstić information content (AvgIpc) is 2.82. The van der Waals surface area contributed by atoms with Gasteiger partial charge in [0.15, 0.2) is 5.82 Å². The van der Waals surface area contributed by atoms with Gasteiger partial charge in [0.05, 0.1) is 6.04 Å². The Bertz CT molecular complexity index is 577. The highest BCUT2D eigenvalue weighted by molar-refractivity contribution is 5.60. The number of tetrazole rings is 1. The molecule has 1 aliphatic rings. The summed E-state index contributed by atoms with van der Waals surface area (Å²) in [5, 5.41) is 12.3. The van der Waals surface area contributed by atoms with Crippen LogP contribution in [0.25, 0.3) is 11.4 Å². The van der Waals surface area contributed by atoms with Gasteiger partial charge >= 0.3 is 0 Å². The minimum absolute atomic E-state index is 0.409. The number of nitrogens with two attached hydrogens (primary N) is 1. The Morgan fingerprint density at radius 3 is 2.95 bits per heavy atom. The summed E-state index contributed by atoms with van der Waals surface area (Å²) in [5.74, 6) is 1.64. The molecule has 1 aromatic carbocycles. The van der Waals surface area contributed by atoms with Gasteiger partial charge in [0.2, 0.25) is 0 Å². The lowest BCUT2D eigenvalue weighted by molar-refractivity contribution is 0.394. The molecule has 1 aliphatic carbocycles. The zero-order chi connectivity index (χ0) is 13.9. The minimum atomic E-state index is 0.409. The van der Waals surface area contributed by atoms with Gasteiger partial charge in [-0.05, 0) is 47.7 Å². The lowest BCUT2D eigenvalue weighted by Crippen LogP contribution is -2.12. The zero-order valence-electron chi connectivity index (χ0n) is 11.9. The van der Waals surface area contributed by atoms with Crippen LogP contribution >= 0.6 is 0 Å². The number of rotatable bonds is 2. The summed E-state index contributed by atoms with van der Waals surface area (Å²) in [4.78, 5) is 0. The maximum Gasteiger partial charge on any atom is 0.182 e. The molecule has 5 nitrogen and oxygen atoms in total. The second-order valence-electron chi connectivity index (χ2n) is 5.84. The van der Waals surface area contributed by atoms with Gasteiger partial charge < -0.3 is 5.73 Å². The number of anilines is 1. The molecule has 0 aliphatic heterocycles. The molecule has 20 heavy (non-hydrogen) atoms. The van der Waals surface area contributed by atoms with Crippen LogP contribution in [0.3, 0.4) is 0 Å².